The molecule has 1 aromatic carbocycles. The number of nitrogens with zero attached hydrogens (tertiary/aromatic N) is 2. The fraction of sp³-hybridized carbons (Fsp3) is 0.529. The maximum absolute atomic E-state index is 9.74. The molecule has 1 N–H and O–H groups in total. The van der Waals surface area contributed by atoms with Crippen molar-refractivity contribution in [1.82, 2.24) is 10.1 Å². The topological polar surface area (TPSA) is 59.2 Å². The molecule has 4 nitrogen and oxygen atoms in total. The van der Waals surface area contributed by atoms with E-state index in [9.17, 15) is 5.11 Å². The average molecular weight is 286 g/mol. The molecule has 1 heterocycles. The quantitative estimate of drug-likeness (QED) is 0.916. The normalized spacial score (nSPS) is 18.8. The molecule has 0 amide bonds. The summed E-state index contributed by atoms with van der Waals surface area (Å²) < 4.78 is 5.37. The van der Waals surface area contributed by atoms with Gasteiger partial charge in [-0.1, -0.05) is 55.3 Å². The first-order valence-electron chi connectivity index (χ1n) is 7.81. The summed E-state index contributed by atoms with van der Waals surface area (Å²) in [4.78, 5) is 4.59. The minimum Gasteiger partial charge on any atom is -0.393 e. The van der Waals surface area contributed by atoms with Crippen molar-refractivity contribution in [3.8, 4) is 0 Å². The Bertz CT molecular complexity index is 573. The summed E-state index contributed by atoms with van der Waals surface area (Å²) in [5.74, 6) is 1.33. The van der Waals surface area contributed by atoms with E-state index in [-0.39, 0.29) is 5.41 Å². The van der Waals surface area contributed by atoms with Crippen molar-refractivity contribution < 1.29 is 9.63 Å². The van der Waals surface area contributed by atoms with Gasteiger partial charge in [-0.3, -0.25) is 0 Å². The van der Waals surface area contributed by atoms with Gasteiger partial charge in [0.25, 0.3) is 0 Å². The molecule has 21 heavy (non-hydrogen) atoms. The first-order valence-corrected chi connectivity index (χ1v) is 7.81. The zero-order chi connectivity index (χ0) is 14.7. The third-order valence-corrected chi connectivity index (χ3v) is 4.56. The van der Waals surface area contributed by atoms with E-state index >= 15 is 0 Å². The van der Waals surface area contributed by atoms with E-state index in [1.807, 2.05) is 13.0 Å². The highest BCUT2D eigenvalue weighted by Gasteiger charge is 2.41. The van der Waals surface area contributed by atoms with Crippen molar-refractivity contribution in [3.63, 3.8) is 0 Å². The Morgan fingerprint density at radius 3 is 2.62 bits per heavy atom. The number of aliphatic hydroxyl groups is 1. The van der Waals surface area contributed by atoms with E-state index in [4.69, 9.17) is 4.52 Å². The Hall–Kier alpha value is -1.68. The highest BCUT2D eigenvalue weighted by Crippen LogP contribution is 2.45. The van der Waals surface area contributed by atoms with Gasteiger partial charge in [0.15, 0.2) is 5.82 Å². The number of aromatic nitrogens is 2. The summed E-state index contributed by atoms with van der Waals surface area (Å²) in [7, 11) is 0. The van der Waals surface area contributed by atoms with Crippen LogP contribution in [0.2, 0.25) is 0 Å². The van der Waals surface area contributed by atoms with E-state index in [1.54, 1.807) is 0 Å². The van der Waals surface area contributed by atoms with Crippen LogP contribution in [0.15, 0.2) is 34.9 Å². The summed E-state index contributed by atoms with van der Waals surface area (Å²) in [6.07, 6.45) is 5.23. The molecule has 0 saturated heterocycles. The molecule has 1 atom stereocenters. The van der Waals surface area contributed by atoms with Gasteiger partial charge in [0.05, 0.1) is 17.9 Å². The molecule has 0 bridgehead atoms. The zero-order valence-corrected chi connectivity index (χ0v) is 12.5. The lowest BCUT2D eigenvalue weighted by molar-refractivity contribution is 0.158. The Morgan fingerprint density at radius 2 is 1.95 bits per heavy atom. The van der Waals surface area contributed by atoms with Crippen LogP contribution < -0.4 is 0 Å². The second-order valence-electron chi connectivity index (χ2n) is 5.93. The van der Waals surface area contributed by atoms with Crippen LogP contribution in [-0.4, -0.2) is 21.4 Å². The van der Waals surface area contributed by atoms with Crippen LogP contribution in [-0.2, 0) is 11.8 Å². The molecule has 1 fully saturated rings. The van der Waals surface area contributed by atoms with Crippen LogP contribution in [0.3, 0.4) is 0 Å². The second kappa shape index (κ2) is 5.98. The summed E-state index contributed by atoms with van der Waals surface area (Å²) in [5.41, 5.74) is 1.16. The van der Waals surface area contributed by atoms with Crippen LogP contribution in [0.5, 0.6) is 0 Å². The van der Waals surface area contributed by atoms with Crippen molar-refractivity contribution in [2.24, 2.45) is 0 Å². The van der Waals surface area contributed by atoms with Crippen LogP contribution >= 0.6 is 0 Å². The molecule has 1 aliphatic rings. The molecule has 4 heteroatoms. The van der Waals surface area contributed by atoms with Gasteiger partial charge < -0.3 is 9.63 Å². The third kappa shape index (κ3) is 2.72. The lowest BCUT2D eigenvalue weighted by Crippen LogP contribution is -2.25. The predicted octanol–water partition coefficient (Wildman–Crippen LogP) is 3.24. The molecular formula is C17H22N2O2. The summed E-state index contributed by atoms with van der Waals surface area (Å²) >= 11 is 0. The van der Waals surface area contributed by atoms with Gasteiger partial charge in [-0.2, -0.15) is 4.98 Å². The number of benzene rings is 1. The van der Waals surface area contributed by atoms with Gasteiger partial charge in [-0.15, -0.1) is 0 Å². The summed E-state index contributed by atoms with van der Waals surface area (Å²) in [5, 5.41) is 14.0. The van der Waals surface area contributed by atoms with E-state index < -0.39 is 6.10 Å². The smallest absolute Gasteiger partial charge is 0.229 e. The monoisotopic (exact) mass is 286 g/mol. The molecule has 1 saturated carbocycles. The van der Waals surface area contributed by atoms with Crippen molar-refractivity contribution >= 4 is 0 Å². The molecule has 112 valence electrons. The average Bonchev–Trinajstić information content (AvgIpc) is 3.17. The molecule has 0 aliphatic heterocycles. The van der Waals surface area contributed by atoms with Gasteiger partial charge in [-0.25, -0.2) is 0 Å². The Balaban J connectivity index is 1.92. The van der Waals surface area contributed by atoms with E-state index in [0.717, 1.165) is 18.7 Å². The Kier molecular flexibility index (Phi) is 4.06. The molecule has 1 aliphatic carbocycles. The number of hydrogen-bond donors (Lipinski definition) is 1. The van der Waals surface area contributed by atoms with Crippen LogP contribution in [0.4, 0.5) is 0 Å². The van der Waals surface area contributed by atoms with Crippen molar-refractivity contribution in [2.45, 2.75) is 57.0 Å². The van der Waals surface area contributed by atoms with Crippen LogP contribution in [0.25, 0.3) is 0 Å². The molecule has 1 unspecified atom stereocenters. The van der Waals surface area contributed by atoms with Gasteiger partial charge in [0, 0.05) is 0 Å². The minimum atomic E-state index is -0.408. The highest BCUT2D eigenvalue weighted by molar-refractivity contribution is 5.33. The Morgan fingerprint density at radius 1 is 1.24 bits per heavy atom. The molecule has 2 aromatic rings. The van der Waals surface area contributed by atoms with Crippen molar-refractivity contribution in [2.75, 3.05) is 0 Å². The molecule has 0 spiro atoms. The maximum Gasteiger partial charge on any atom is 0.229 e. The molecule has 0 radical (unpaired) electrons. The molecule has 1 aromatic heterocycles. The van der Waals surface area contributed by atoms with Gasteiger partial charge in [0.1, 0.15) is 0 Å². The zero-order valence-electron chi connectivity index (χ0n) is 12.5. The van der Waals surface area contributed by atoms with E-state index in [0.29, 0.717) is 18.7 Å². The minimum absolute atomic E-state index is 0.111. The van der Waals surface area contributed by atoms with Gasteiger partial charge >= 0.3 is 0 Å². The van der Waals surface area contributed by atoms with Crippen LogP contribution in [0.1, 0.15) is 56.3 Å². The number of aliphatic hydroxyl groups excluding tert-OH is 1. The maximum atomic E-state index is 9.74. The van der Waals surface area contributed by atoms with Gasteiger partial charge in [-0.05, 0) is 24.8 Å². The lowest BCUT2D eigenvalue weighted by atomic mass is 9.78. The first-order chi connectivity index (χ1) is 10.2. The molecule has 3 rings (SSSR count). The predicted molar refractivity (Wildman–Crippen MR) is 80.0 cm³/mol. The van der Waals surface area contributed by atoms with Crippen molar-refractivity contribution in [1.29, 1.82) is 0 Å². The Labute approximate surface area is 125 Å². The fourth-order valence-corrected chi connectivity index (χ4v) is 3.26. The summed E-state index contributed by atoms with van der Waals surface area (Å²) in [6, 6.07) is 10.5. The molecular weight excluding hydrogens is 264 g/mol. The van der Waals surface area contributed by atoms with E-state index in [1.165, 1.54) is 18.4 Å². The third-order valence-electron chi connectivity index (χ3n) is 4.56. The lowest BCUT2D eigenvalue weighted by Gasteiger charge is -2.25. The fourth-order valence-electron chi connectivity index (χ4n) is 3.26. The first kappa shape index (κ1) is 14.3. The van der Waals surface area contributed by atoms with Gasteiger partial charge in [0.2, 0.25) is 5.89 Å². The largest absolute Gasteiger partial charge is 0.393 e. The standard InChI is InChI=1S/C17H22N2O2/c1-2-14(20)12-15-18-16(19-21-15)17(10-6-7-11-17)13-8-4-3-5-9-13/h3-5,8-9,14,20H,2,6-7,10-12H2,1H3. The van der Waals surface area contributed by atoms with E-state index in [2.05, 4.69) is 34.4 Å². The highest BCUT2D eigenvalue weighted by atomic mass is 16.5. The van der Waals surface area contributed by atoms with Crippen LogP contribution in [0, 0.1) is 0 Å². The summed E-state index contributed by atoms with van der Waals surface area (Å²) in [6.45, 7) is 1.95. The number of hydrogen-bond acceptors (Lipinski definition) is 4. The number of rotatable bonds is 5. The van der Waals surface area contributed by atoms with Crippen molar-refractivity contribution in [3.05, 3.63) is 47.6 Å². The second-order valence-corrected chi connectivity index (χ2v) is 5.93. The SMILES string of the molecule is CCC(O)Cc1nc(C2(c3ccccc3)CCCC2)no1.